The SMILES string of the molecule is NC(=O)[C@@H]1C[C@]2(CN1)Oc1cc(F)cnc1NC2=O. The molecule has 1 aromatic heterocycles. The first kappa shape index (κ1) is 11.8. The topological polar surface area (TPSA) is 106 Å². The smallest absolute Gasteiger partial charge is 0.271 e. The first-order valence-electron chi connectivity index (χ1n) is 5.69. The van der Waals surface area contributed by atoms with E-state index in [1.165, 1.54) is 0 Å². The Hall–Kier alpha value is -2.22. The molecular weight excluding hydrogens is 255 g/mol. The number of halogens is 1. The summed E-state index contributed by atoms with van der Waals surface area (Å²) < 4.78 is 18.7. The highest BCUT2D eigenvalue weighted by Crippen LogP contribution is 2.36. The molecule has 3 rings (SSSR count). The molecular formula is C11H11FN4O3. The second-order valence-electron chi connectivity index (χ2n) is 4.59. The molecule has 1 fully saturated rings. The number of ether oxygens (including phenoxy) is 1. The van der Waals surface area contributed by atoms with Gasteiger partial charge in [0.15, 0.2) is 11.6 Å². The van der Waals surface area contributed by atoms with E-state index in [0.29, 0.717) is 0 Å². The van der Waals surface area contributed by atoms with Gasteiger partial charge in [-0.05, 0) is 0 Å². The average molecular weight is 266 g/mol. The first-order valence-corrected chi connectivity index (χ1v) is 5.69. The van der Waals surface area contributed by atoms with Crippen LogP contribution in [0.1, 0.15) is 6.42 Å². The van der Waals surface area contributed by atoms with E-state index in [2.05, 4.69) is 15.6 Å². The van der Waals surface area contributed by atoms with Crippen molar-refractivity contribution in [1.82, 2.24) is 10.3 Å². The minimum Gasteiger partial charge on any atom is -0.472 e. The number of pyridine rings is 1. The number of carbonyl (C=O) groups excluding carboxylic acids is 2. The molecule has 3 heterocycles. The summed E-state index contributed by atoms with van der Waals surface area (Å²) in [5.41, 5.74) is 3.94. The number of fused-ring (bicyclic) bond motifs is 1. The van der Waals surface area contributed by atoms with Crippen LogP contribution in [-0.4, -0.2) is 35.0 Å². The van der Waals surface area contributed by atoms with Gasteiger partial charge < -0.3 is 21.1 Å². The van der Waals surface area contributed by atoms with Gasteiger partial charge in [-0.2, -0.15) is 0 Å². The van der Waals surface area contributed by atoms with Crippen molar-refractivity contribution in [2.75, 3.05) is 11.9 Å². The Morgan fingerprint density at radius 2 is 2.42 bits per heavy atom. The number of primary amides is 1. The quantitative estimate of drug-likeness (QED) is 0.613. The van der Waals surface area contributed by atoms with E-state index in [4.69, 9.17) is 10.5 Å². The minimum absolute atomic E-state index is 0.101. The maximum absolute atomic E-state index is 13.1. The second kappa shape index (κ2) is 3.89. The van der Waals surface area contributed by atoms with Gasteiger partial charge in [0, 0.05) is 19.0 Å². The van der Waals surface area contributed by atoms with Gasteiger partial charge >= 0.3 is 0 Å². The summed E-state index contributed by atoms with van der Waals surface area (Å²) in [6, 6.07) is 0.495. The summed E-state index contributed by atoms with van der Waals surface area (Å²) in [5.74, 6) is -1.24. The molecule has 7 nitrogen and oxygen atoms in total. The van der Waals surface area contributed by atoms with Crippen LogP contribution in [0.3, 0.4) is 0 Å². The van der Waals surface area contributed by atoms with Gasteiger partial charge in [-0.1, -0.05) is 0 Å². The molecule has 2 aliphatic rings. The van der Waals surface area contributed by atoms with Crippen molar-refractivity contribution in [1.29, 1.82) is 0 Å². The van der Waals surface area contributed by atoms with Gasteiger partial charge in [-0.15, -0.1) is 0 Å². The molecule has 0 saturated carbocycles. The highest BCUT2D eigenvalue weighted by molar-refractivity contribution is 6.01. The second-order valence-corrected chi connectivity index (χ2v) is 4.59. The largest absolute Gasteiger partial charge is 0.472 e. The van der Waals surface area contributed by atoms with Crippen molar-refractivity contribution < 1.29 is 18.7 Å². The third-order valence-corrected chi connectivity index (χ3v) is 3.28. The average Bonchev–Trinajstić information content (AvgIpc) is 2.77. The summed E-state index contributed by atoms with van der Waals surface area (Å²) in [4.78, 5) is 26.9. The third kappa shape index (κ3) is 1.80. The molecule has 1 aromatic rings. The van der Waals surface area contributed by atoms with Gasteiger partial charge in [0.25, 0.3) is 5.91 Å². The molecule has 19 heavy (non-hydrogen) atoms. The van der Waals surface area contributed by atoms with Crippen LogP contribution in [0.4, 0.5) is 10.2 Å². The maximum Gasteiger partial charge on any atom is 0.271 e. The molecule has 0 unspecified atom stereocenters. The Balaban J connectivity index is 1.93. The lowest BCUT2D eigenvalue weighted by Crippen LogP contribution is -2.52. The molecule has 8 heteroatoms. The van der Waals surface area contributed by atoms with Crippen molar-refractivity contribution in [2.45, 2.75) is 18.1 Å². The fourth-order valence-corrected chi connectivity index (χ4v) is 2.28. The number of rotatable bonds is 1. The zero-order valence-electron chi connectivity index (χ0n) is 9.77. The summed E-state index contributed by atoms with van der Waals surface area (Å²) in [6.45, 7) is 0.127. The Kier molecular flexibility index (Phi) is 2.42. The standard InChI is InChI=1S/C11H11FN4O3/c12-5-1-7-9(14-3-5)16-10(18)11(19-7)2-6(8(13)17)15-4-11/h1,3,6,15H,2,4H2,(H2,13,17)(H,14,16,18)/t6-,11+/m0/s1. The lowest BCUT2D eigenvalue weighted by Gasteiger charge is -2.33. The van der Waals surface area contributed by atoms with Gasteiger partial charge in [-0.3, -0.25) is 9.59 Å². The van der Waals surface area contributed by atoms with Crippen LogP contribution in [0, 0.1) is 5.82 Å². The summed E-state index contributed by atoms with van der Waals surface area (Å²) in [7, 11) is 0. The van der Waals surface area contributed by atoms with Crippen LogP contribution < -0.4 is 21.1 Å². The van der Waals surface area contributed by atoms with Gasteiger partial charge in [0.1, 0.15) is 5.82 Å². The fourth-order valence-electron chi connectivity index (χ4n) is 2.28. The number of carbonyl (C=O) groups is 2. The van der Waals surface area contributed by atoms with Crippen LogP contribution in [-0.2, 0) is 9.59 Å². The number of anilines is 1. The van der Waals surface area contributed by atoms with Crippen molar-refractivity contribution in [3.63, 3.8) is 0 Å². The van der Waals surface area contributed by atoms with Crippen LogP contribution in [0.15, 0.2) is 12.3 Å². The number of nitrogens with two attached hydrogens (primary N) is 1. The van der Waals surface area contributed by atoms with Gasteiger partial charge in [0.05, 0.1) is 12.2 Å². The molecule has 0 aromatic carbocycles. The predicted octanol–water partition coefficient (Wildman–Crippen LogP) is -0.862. The van der Waals surface area contributed by atoms with Crippen molar-refractivity contribution in [3.05, 3.63) is 18.1 Å². The molecule has 2 amide bonds. The molecule has 1 spiro atoms. The van der Waals surface area contributed by atoms with E-state index in [1.54, 1.807) is 0 Å². The van der Waals surface area contributed by atoms with Crippen LogP contribution >= 0.6 is 0 Å². The number of nitrogens with zero attached hydrogens (tertiary/aromatic N) is 1. The molecule has 4 N–H and O–H groups in total. The zero-order valence-corrected chi connectivity index (χ0v) is 9.77. The molecule has 100 valence electrons. The van der Waals surface area contributed by atoms with Crippen LogP contribution in [0.2, 0.25) is 0 Å². The zero-order chi connectivity index (χ0) is 13.6. The Morgan fingerprint density at radius 3 is 3.11 bits per heavy atom. The molecule has 2 atom stereocenters. The van der Waals surface area contributed by atoms with E-state index in [9.17, 15) is 14.0 Å². The van der Waals surface area contributed by atoms with Gasteiger partial charge in [0.2, 0.25) is 11.5 Å². The first-order chi connectivity index (χ1) is 9.00. The van der Waals surface area contributed by atoms with Gasteiger partial charge in [-0.25, -0.2) is 9.37 Å². The Morgan fingerprint density at radius 1 is 1.63 bits per heavy atom. The molecule has 0 radical (unpaired) electrons. The Bertz CT molecular complexity index is 579. The highest BCUT2D eigenvalue weighted by atomic mass is 19.1. The number of amides is 2. The monoisotopic (exact) mass is 266 g/mol. The Labute approximate surface area is 107 Å². The number of hydrogen-bond donors (Lipinski definition) is 3. The predicted molar refractivity (Wildman–Crippen MR) is 61.8 cm³/mol. The van der Waals surface area contributed by atoms with E-state index < -0.39 is 29.3 Å². The highest BCUT2D eigenvalue weighted by Gasteiger charge is 2.51. The van der Waals surface area contributed by atoms with Crippen molar-refractivity contribution in [3.8, 4) is 5.75 Å². The molecule has 1 saturated heterocycles. The molecule has 2 aliphatic heterocycles. The maximum atomic E-state index is 13.1. The lowest BCUT2D eigenvalue weighted by atomic mass is 9.97. The fraction of sp³-hybridized carbons (Fsp3) is 0.364. The normalized spacial score (nSPS) is 28.7. The summed E-state index contributed by atoms with van der Waals surface area (Å²) in [5, 5.41) is 5.36. The summed E-state index contributed by atoms with van der Waals surface area (Å²) in [6.07, 6.45) is 1.09. The van der Waals surface area contributed by atoms with E-state index in [-0.39, 0.29) is 24.5 Å². The van der Waals surface area contributed by atoms with Crippen molar-refractivity contribution in [2.24, 2.45) is 5.73 Å². The number of hydrogen-bond acceptors (Lipinski definition) is 5. The summed E-state index contributed by atoms with van der Waals surface area (Å²) >= 11 is 0. The number of nitrogens with one attached hydrogen (secondary N) is 2. The van der Waals surface area contributed by atoms with E-state index in [1.807, 2.05) is 0 Å². The number of aromatic nitrogens is 1. The van der Waals surface area contributed by atoms with Crippen LogP contribution in [0.5, 0.6) is 5.75 Å². The third-order valence-electron chi connectivity index (χ3n) is 3.28. The lowest BCUT2D eigenvalue weighted by molar-refractivity contribution is -0.131. The minimum atomic E-state index is -1.25. The molecule has 0 bridgehead atoms. The van der Waals surface area contributed by atoms with Crippen molar-refractivity contribution >= 4 is 17.6 Å². The van der Waals surface area contributed by atoms with E-state index >= 15 is 0 Å². The molecule has 0 aliphatic carbocycles. The van der Waals surface area contributed by atoms with Crippen LogP contribution in [0.25, 0.3) is 0 Å². The van der Waals surface area contributed by atoms with E-state index in [0.717, 1.165) is 12.3 Å².